The summed E-state index contributed by atoms with van der Waals surface area (Å²) < 4.78 is 16.7. The van der Waals surface area contributed by atoms with Crippen LogP contribution in [0.15, 0.2) is 0 Å². The molecule has 6 nitrogen and oxygen atoms in total. The van der Waals surface area contributed by atoms with Crippen LogP contribution in [0.3, 0.4) is 0 Å². The van der Waals surface area contributed by atoms with Gasteiger partial charge in [-0.1, -0.05) is 221 Å². The summed E-state index contributed by atoms with van der Waals surface area (Å²) in [6, 6.07) is 0. The molecule has 0 rings (SSSR count). The predicted octanol–water partition coefficient (Wildman–Crippen LogP) is 15.0. The highest BCUT2D eigenvalue weighted by Crippen LogP contribution is 2.17. The summed E-state index contributed by atoms with van der Waals surface area (Å²) in [7, 11) is 0. The van der Waals surface area contributed by atoms with E-state index < -0.39 is 6.10 Å². The third-order valence-corrected chi connectivity index (χ3v) is 11.1. The predicted molar refractivity (Wildman–Crippen MR) is 229 cm³/mol. The SMILES string of the molecule is CCCCCCCCCCCCC(=O)O[C@@H](COC(=O)CCCCCCCCCCCCCC(C)C)COC(=O)CCCCCCCCCCC(C)CC. The molecular weight excluding hydrogens is 673 g/mol. The largest absolute Gasteiger partial charge is 0.462 e. The number of unbranched alkanes of at least 4 members (excludes halogenated alkanes) is 26. The minimum atomic E-state index is -0.760. The molecule has 0 N–H and O–H groups in total. The molecule has 0 aromatic carbocycles. The second-order valence-electron chi connectivity index (χ2n) is 17.1. The van der Waals surface area contributed by atoms with Gasteiger partial charge in [0.1, 0.15) is 13.2 Å². The average Bonchev–Trinajstić information content (AvgIpc) is 3.15. The Bertz CT molecular complexity index is 826. The van der Waals surface area contributed by atoms with E-state index in [-0.39, 0.29) is 31.1 Å². The van der Waals surface area contributed by atoms with Crippen molar-refractivity contribution in [2.45, 2.75) is 265 Å². The molecule has 0 bridgehead atoms. The molecule has 0 spiro atoms. The molecule has 54 heavy (non-hydrogen) atoms. The number of ether oxygens (including phenoxy) is 3. The van der Waals surface area contributed by atoms with Gasteiger partial charge in [-0.2, -0.15) is 0 Å². The summed E-state index contributed by atoms with van der Waals surface area (Å²) in [6.45, 7) is 11.3. The molecule has 320 valence electrons. The monoisotopic (exact) mass is 765 g/mol. The first kappa shape index (κ1) is 52.4. The molecule has 0 aliphatic heterocycles. The summed E-state index contributed by atoms with van der Waals surface area (Å²) in [4.78, 5) is 37.7. The van der Waals surface area contributed by atoms with Crippen molar-refractivity contribution in [3.8, 4) is 0 Å². The van der Waals surface area contributed by atoms with Crippen molar-refractivity contribution in [2.24, 2.45) is 11.8 Å². The summed E-state index contributed by atoms with van der Waals surface area (Å²) in [6.07, 6.45) is 39.4. The number of rotatable bonds is 42. The molecular formula is C48H92O6. The van der Waals surface area contributed by atoms with E-state index in [4.69, 9.17) is 14.2 Å². The number of carbonyl (C=O) groups excluding carboxylic acids is 3. The molecule has 0 heterocycles. The quantitative estimate of drug-likeness (QED) is 0.0350. The normalized spacial score (nSPS) is 12.6. The van der Waals surface area contributed by atoms with Crippen molar-refractivity contribution in [1.82, 2.24) is 0 Å². The van der Waals surface area contributed by atoms with Crippen molar-refractivity contribution in [3.63, 3.8) is 0 Å². The minimum absolute atomic E-state index is 0.0648. The zero-order valence-electron chi connectivity index (χ0n) is 36.8. The first-order valence-electron chi connectivity index (χ1n) is 23.8. The van der Waals surface area contributed by atoms with Crippen molar-refractivity contribution in [1.29, 1.82) is 0 Å². The van der Waals surface area contributed by atoms with Gasteiger partial charge in [0.05, 0.1) is 0 Å². The fraction of sp³-hybridized carbons (Fsp3) is 0.938. The van der Waals surface area contributed by atoms with Crippen LogP contribution in [0.5, 0.6) is 0 Å². The fourth-order valence-electron chi connectivity index (χ4n) is 7.07. The fourth-order valence-corrected chi connectivity index (χ4v) is 7.07. The molecule has 6 heteroatoms. The van der Waals surface area contributed by atoms with Crippen LogP contribution >= 0.6 is 0 Å². The zero-order valence-corrected chi connectivity index (χ0v) is 36.8. The van der Waals surface area contributed by atoms with Crippen molar-refractivity contribution < 1.29 is 28.6 Å². The Morgan fingerprint density at radius 2 is 0.704 bits per heavy atom. The first-order valence-corrected chi connectivity index (χ1v) is 23.8. The topological polar surface area (TPSA) is 78.9 Å². The molecule has 1 unspecified atom stereocenters. The van der Waals surface area contributed by atoms with Crippen LogP contribution in [-0.4, -0.2) is 37.2 Å². The van der Waals surface area contributed by atoms with Gasteiger partial charge < -0.3 is 14.2 Å². The standard InChI is InChI=1S/C48H92O6/c1-6-8-9-10-11-12-17-25-30-35-40-48(51)54-45(42-53-47(50)39-34-29-24-20-19-22-27-32-37-44(5)7-2)41-52-46(49)38-33-28-23-18-15-13-14-16-21-26-31-36-43(3)4/h43-45H,6-42H2,1-5H3/t44?,45-/m0/s1. The van der Waals surface area contributed by atoms with Gasteiger partial charge in [-0.25, -0.2) is 0 Å². The molecule has 0 aromatic heterocycles. The van der Waals surface area contributed by atoms with E-state index in [1.54, 1.807) is 0 Å². The lowest BCUT2D eigenvalue weighted by atomic mass is 9.99. The van der Waals surface area contributed by atoms with Gasteiger partial charge in [0, 0.05) is 19.3 Å². The van der Waals surface area contributed by atoms with E-state index in [0.717, 1.165) is 69.6 Å². The number of hydrogen-bond acceptors (Lipinski definition) is 6. The van der Waals surface area contributed by atoms with Crippen LogP contribution in [0.4, 0.5) is 0 Å². The van der Waals surface area contributed by atoms with Gasteiger partial charge >= 0.3 is 17.9 Å². The maximum absolute atomic E-state index is 12.7. The maximum Gasteiger partial charge on any atom is 0.306 e. The number of esters is 3. The van der Waals surface area contributed by atoms with E-state index in [0.29, 0.717) is 19.3 Å². The van der Waals surface area contributed by atoms with E-state index in [1.165, 1.54) is 148 Å². The van der Waals surface area contributed by atoms with E-state index in [2.05, 4.69) is 34.6 Å². The molecule has 0 radical (unpaired) electrons. The smallest absolute Gasteiger partial charge is 0.306 e. The van der Waals surface area contributed by atoms with Gasteiger partial charge in [-0.3, -0.25) is 14.4 Å². The maximum atomic E-state index is 12.7. The highest BCUT2D eigenvalue weighted by Gasteiger charge is 2.19. The van der Waals surface area contributed by atoms with Crippen LogP contribution in [0.2, 0.25) is 0 Å². The van der Waals surface area contributed by atoms with Crippen molar-refractivity contribution in [3.05, 3.63) is 0 Å². The molecule has 0 aliphatic carbocycles. The Morgan fingerprint density at radius 3 is 1.06 bits per heavy atom. The van der Waals surface area contributed by atoms with E-state index in [9.17, 15) is 14.4 Å². The van der Waals surface area contributed by atoms with Crippen LogP contribution in [0.25, 0.3) is 0 Å². The van der Waals surface area contributed by atoms with Crippen LogP contribution in [0.1, 0.15) is 259 Å². The third kappa shape index (κ3) is 40.1. The number of carbonyl (C=O) groups is 3. The lowest BCUT2D eigenvalue weighted by Gasteiger charge is -2.18. The highest BCUT2D eigenvalue weighted by molar-refractivity contribution is 5.71. The second kappa shape index (κ2) is 41.1. The molecule has 0 aromatic rings. The Balaban J connectivity index is 4.32. The van der Waals surface area contributed by atoms with Gasteiger partial charge in [0.15, 0.2) is 6.10 Å². The average molecular weight is 765 g/mol. The second-order valence-corrected chi connectivity index (χ2v) is 17.1. The molecule has 0 saturated heterocycles. The Kier molecular flexibility index (Phi) is 39.8. The lowest BCUT2D eigenvalue weighted by molar-refractivity contribution is -0.167. The minimum Gasteiger partial charge on any atom is -0.462 e. The van der Waals surface area contributed by atoms with Gasteiger partial charge in [0.25, 0.3) is 0 Å². The zero-order chi connectivity index (χ0) is 39.7. The molecule has 0 amide bonds. The van der Waals surface area contributed by atoms with Crippen molar-refractivity contribution >= 4 is 17.9 Å². The number of hydrogen-bond donors (Lipinski definition) is 0. The third-order valence-electron chi connectivity index (χ3n) is 11.1. The summed E-state index contributed by atoms with van der Waals surface area (Å²) in [5.74, 6) is 0.818. The molecule has 2 atom stereocenters. The summed E-state index contributed by atoms with van der Waals surface area (Å²) in [5, 5.41) is 0. The first-order chi connectivity index (χ1) is 26.3. The molecule has 0 fully saturated rings. The lowest BCUT2D eigenvalue weighted by Crippen LogP contribution is -2.30. The van der Waals surface area contributed by atoms with Gasteiger partial charge in [-0.15, -0.1) is 0 Å². The molecule has 0 aliphatic rings. The Hall–Kier alpha value is -1.59. The Morgan fingerprint density at radius 1 is 0.389 bits per heavy atom. The molecule has 0 saturated carbocycles. The van der Waals surface area contributed by atoms with Crippen molar-refractivity contribution in [2.75, 3.05) is 13.2 Å². The van der Waals surface area contributed by atoms with Crippen LogP contribution < -0.4 is 0 Å². The van der Waals surface area contributed by atoms with Crippen LogP contribution in [0, 0.1) is 11.8 Å². The highest BCUT2D eigenvalue weighted by atomic mass is 16.6. The van der Waals surface area contributed by atoms with Gasteiger partial charge in [0.2, 0.25) is 0 Å². The van der Waals surface area contributed by atoms with E-state index >= 15 is 0 Å². The van der Waals surface area contributed by atoms with E-state index in [1.807, 2.05) is 0 Å². The van der Waals surface area contributed by atoms with Crippen LogP contribution in [-0.2, 0) is 28.6 Å². The summed E-state index contributed by atoms with van der Waals surface area (Å²) >= 11 is 0. The summed E-state index contributed by atoms with van der Waals surface area (Å²) in [5.41, 5.74) is 0. The Labute approximate surface area is 336 Å². The van der Waals surface area contributed by atoms with Gasteiger partial charge in [-0.05, 0) is 31.1 Å².